The van der Waals surface area contributed by atoms with Gasteiger partial charge in [0.15, 0.2) is 0 Å². The fraction of sp³-hybridized carbons (Fsp3) is 0.231. The van der Waals surface area contributed by atoms with Gasteiger partial charge in [-0.3, -0.25) is 19.4 Å². The van der Waals surface area contributed by atoms with E-state index >= 15 is 0 Å². The van der Waals surface area contributed by atoms with E-state index < -0.39 is 0 Å². The molecule has 1 aromatic carbocycles. The Morgan fingerprint density at radius 1 is 1.35 bits per heavy atom. The summed E-state index contributed by atoms with van der Waals surface area (Å²) in [6.45, 7) is 4.57. The molecule has 170 valence electrons. The molecular weight excluding hydrogens is 428 g/mol. The molecule has 5 rings (SSSR count). The Morgan fingerprint density at radius 3 is 2.85 bits per heavy atom. The minimum absolute atomic E-state index is 0.128. The first-order valence-electron chi connectivity index (χ1n) is 10.9. The van der Waals surface area contributed by atoms with Crippen molar-refractivity contribution in [3.63, 3.8) is 0 Å². The highest BCUT2D eigenvalue weighted by atomic mass is 16.5. The summed E-state index contributed by atoms with van der Waals surface area (Å²) < 4.78 is 7.47. The largest absolute Gasteiger partial charge is 0.383 e. The summed E-state index contributed by atoms with van der Waals surface area (Å²) in [7, 11) is 1.81. The third-order valence-electron chi connectivity index (χ3n) is 6.18. The molecule has 0 saturated carbocycles. The number of nitrogens with zero attached hydrogens (tertiary/aromatic N) is 5. The van der Waals surface area contributed by atoms with Crippen LogP contribution in [-0.4, -0.2) is 25.7 Å². The maximum absolute atomic E-state index is 13.9. The average Bonchev–Trinajstić information content (AvgIpc) is 3.43. The standard InChI is InChI=1S/C26H24N6O2/c1-5-17-6-7-18(28-10-17)12-32(19-11-29-31(4)13-19)26(33)20-9-21-22-14-34-16(3)24(22)25(27)30-23(21)8-15(20)2/h1,6-11,13,16H,12,14H2,2-4H3,(H2,27,30). The Labute approximate surface area is 197 Å². The van der Waals surface area contributed by atoms with Crippen LogP contribution in [0.1, 0.15) is 51.3 Å². The van der Waals surface area contributed by atoms with E-state index in [0.717, 1.165) is 27.6 Å². The van der Waals surface area contributed by atoms with Crippen molar-refractivity contribution >= 4 is 28.3 Å². The highest BCUT2D eigenvalue weighted by molar-refractivity contribution is 6.09. The van der Waals surface area contributed by atoms with Crippen molar-refractivity contribution in [2.24, 2.45) is 7.05 Å². The van der Waals surface area contributed by atoms with E-state index in [9.17, 15) is 4.79 Å². The third kappa shape index (κ3) is 3.66. The quantitative estimate of drug-likeness (QED) is 0.474. The molecule has 34 heavy (non-hydrogen) atoms. The number of amides is 1. The van der Waals surface area contributed by atoms with Gasteiger partial charge in [0.05, 0.1) is 42.4 Å². The number of anilines is 2. The second-order valence-electron chi connectivity index (χ2n) is 8.47. The highest BCUT2D eigenvalue weighted by Crippen LogP contribution is 2.39. The first-order chi connectivity index (χ1) is 16.4. The first kappa shape index (κ1) is 21.6. The maximum atomic E-state index is 13.9. The molecule has 0 saturated heterocycles. The zero-order valence-corrected chi connectivity index (χ0v) is 19.2. The molecule has 0 aliphatic carbocycles. The molecular formula is C26H24N6O2. The van der Waals surface area contributed by atoms with E-state index in [1.165, 1.54) is 0 Å². The van der Waals surface area contributed by atoms with Crippen LogP contribution in [0.3, 0.4) is 0 Å². The second-order valence-corrected chi connectivity index (χ2v) is 8.47. The van der Waals surface area contributed by atoms with Gasteiger partial charge in [-0.05, 0) is 49.2 Å². The molecule has 2 N–H and O–H groups in total. The van der Waals surface area contributed by atoms with Crippen LogP contribution in [0.2, 0.25) is 0 Å². The van der Waals surface area contributed by atoms with E-state index in [2.05, 4.69) is 21.0 Å². The molecule has 8 nitrogen and oxygen atoms in total. The van der Waals surface area contributed by atoms with Gasteiger partial charge < -0.3 is 10.5 Å². The van der Waals surface area contributed by atoms with Crippen LogP contribution in [0.15, 0.2) is 42.9 Å². The topological polar surface area (TPSA) is 99.2 Å². The molecule has 4 heterocycles. The van der Waals surface area contributed by atoms with E-state index in [1.54, 1.807) is 28.2 Å². The Morgan fingerprint density at radius 2 is 2.18 bits per heavy atom. The number of nitrogen functional groups attached to an aromatic ring is 1. The fourth-order valence-corrected chi connectivity index (χ4v) is 4.39. The van der Waals surface area contributed by atoms with Gasteiger partial charge >= 0.3 is 0 Å². The molecule has 1 aliphatic heterocycles. The lowest BCUT2D eigenvalue weighted by atomic mass is 9.97. The third-order valence-corrected chi connectivity index (χ3v) is 6.18. The van der Waals surface area contributed by atoms with Gasteiger partial charge in [0, 0.05) is 41.5 Å². The number of pyridine rings is 2. The zero-order chi connectivity index (χ0) is 24.0. The minimum Gasteiger partial charge on any atom is -0.383 e. The smallest absolute Gasteiger partial charge is 0.259 e. The molecule has 1 unspecified atom stereocenters. The summed E-state index contributed by atoms with van der Waals surface area (Å²) in [6, 6.07) is 7.45. The highest BCUT2D eigenvalue weighted by Gasteiger charge is 2.28. The summed E-state index contributed by atoms with van der Waals surface area (Å²) in [5.41, 5.74) is 12.3. The monoisotopic (exact) mass is 452 g/mol. The first-order valence-corrected chi connectivity index (χ1v) is 10.9. The molecule has 0 fully saturated rings. The Balaban J connectivity index is 1.60. The summed E-state index contributed by atoms with van der Waals surface area (Å²) in [5.74, 6) is 2.88. The molecule has 0 bridgehead atoms. The van der Waals surface area contributed by atoms with Crippen molar-refractivity contribution in [3.8, 4) is 12.3 Å². The molecule has 1 atom stereocenters. The van der Waals surface area contributed by atoms with E-state index in [4.69, 9.17) is 16.9 Å². The van der Waals surface area contributed by atoms with Crippen LogP contribution < -0.4 is 10.6 Å². The number of hydrogen-bond donors (Lipinski definition) is 1. The van der Waals surface area contributed by atoms with Crippen molar-refractivity contribution in [1.29, 1.82) is 0 Å². The van der Waals surface area contributed by atoms with Gasteiger partial charge in [-0.25, -0.2) is 4.98 Å². The number of aryl methyl sites for hydroxylation is 2. The van der Waals surface area contributed by atoms with Crippen LogP contribution in [0.4, 0.5) is 11.5 Å². The number of nitrogens with two attached hydrogens (primary N) is 1. The number of ether oxygens (including phenoxy) is 1. The Hall–Kier alpha value is -4.22. The predicted molar refractivity (Wildman–Crippen MR) is 130 cm³/mol. The molecule has 8 heteroatoms. The maximum Gasteiger partial charge on any atom is 0.259 e. The van der Waals surface area contributed by atoms with E-state index in [0.29, 0.717) is 34.9 Å². The van der Waals surface area contributed by atoms with Crippen LogP contribution in [0.25, 0.3) is 10.9 Å². The normalized spacial score (nSPS) is 14.7. The van der Waals surface area contributed by atoms with Crippen molar-refractivity contribution in [2.45, 2.75) is 33.1 Å². The summed E-state index contributed by atoms with van der Waals surface area (Å²) in [5, 5.41) is 5.14. The lowest BCUT2D eigenvalue weighted by Gasteiger charge is -2.22. The van der Waals surface area contributed by atoms with Gasteiger partial charge in [0.2, 0.25) is 0 Å². The van der Waals surface area contributed by atoms with Gasteiger partial charge in [0.25, 0.3) is 5.91 Å². The molecule has 1 aliphatic rings. The molecule has 1 amide bonds. The molecule has 4 aromatic rings. The lowest BCUT2D eigenvalue weighted by molar-refractivity contribution is 0.0801. The fourth-order valence-electron chi connectivity index (χ4n) is 4.39. The van der Waals surface area contributed by atoms with Gasteiger partial charge in [-0.1, -0.05) is 5.92 Å². The zero-order valence-electron chi connectivity index (χ0n) is 19.2. The Kier molecular flexibility index (Phi) is 5.27. The van der Waals surface area contributed by atoms with Crippen molar-refractivity contribution in [2.75, 3.05) is 10.6 Å². The summed E-state index contributed by atoms with van der Waals surface area (Å²) in [6.07, 6.45) is 10.4. The number of fused-ring (bicyclic) bond motifs is 3. The number of aromatic nitrogens is 4. The van der Waals surface area contributed by atoms with Gasteiger partial charge in [-0.15, -0.1) is 6.42 Å². The number of benzene rings is 1. The van der Waals surface area contributed by atoms with E-state index in [1.807, 2.05) is 45.2 Å². The summed E-state index contributed by atoms with van der Waals surface area (Å²) >= 11 is 0. The van der Waals surface area contributed by atoms with Crippen LogP contribution in [0, 0.1) is 19.3 Å². The van der Waals surface area contributed by atoms with Crippen molar-refractivity contribution in [3.05, 3.63) is 76.4 Å². The average molecular weight is 453 g/mol. The second kappa shape index (κ2) is 8.28. The number of terminal acetylenes is 1. The predicted octanol–water partition coefficient (Wildman–Crippen LogP) is 3.67. The molecule has 3 aromatic heterocycles. The number of carbonyl (C=O) groups excluding carboxylic acids is 1. The van der Waals surface area contributed by atoms with Gasteiger partial charge in [-0.2, -0.15) is 5.10 Å². The summed E-state index contributed by atoms with van der Waals surface area (Å²) in [4.78, 5) is 24.6. The minimum atomic E-state index is -0.159. The van der Waals surface area contributed by atoms with E-state index in [-0.39, 0.29) is 18.6 Å². The van der Waals surface area contributed by atoms with Crippen molar-refractivity contribution < 1.29 is 9.53 Å². The SMILES string of the molecule is C#Cc1ccc(CN(C(=O)c2cc3c4c(c(N)nc3cc2C)C(C)OC4)c2cnn(C)c2)nc1. The lowest BCUT2D eigenvalue weighted by Crippen LogP contribution is -2.31. The van der Waals surface area contributed by atoms with Crippen LogP contribution >= 0.6 is 0 Å². The number of hydrogen-bond acceptors (Lipinski definition) is 6. The number of carbonyl (C=O) groups is 1. The molecule has 0 spiro atoms. The van der Waals surface area contributed by atoms with Crippen LogP contribution in [-0.2, 0) is 24.9 Å². The van der Waals surface area contributed by atoms with Gasteiger partial charge in [0.1, 0.15) is 5.82 Å². The Bertz CT molecular complexity index is 1470. The van der Waals surface area contributed by atoms with Crippen LogP contribution in [0.5, 0.6) is 0 Å². The van der Waals surface area contributed by atoms with Crippen molar-refractivity contribution in [1.82, 2.24) is 19.7 Å². The number of rotatable bonds is 4. The molecule has 0 radical (unpaired) electrons.